The zero-order valence-corrected chi connectivity index (χ0v) is 10.7. The lowest BCUT2D eigenvalue weighted by Crippen LogP contribution is -2.14. The van der Waals surface area contributed by atoms with Crippen molar-refractivity contribution >= 4 is 11.6 Å². The molecule has 1 heteroatoms. The normalized spacial score (nSPS) is 14.9. The second-order valence-electron chi connectivity index (χ2n) is 4.41. The molecule has 0 saturated carbocycles. The number of alkyl halides is 1. The average molecular weight is 225 g/mol. The van der Waals surface area contributed by atoms with Gasteiger partial charge in [-0.2, -0.15) is 0 Å². The molecule has 0 radical (unpaired) electrons. The fraction of sp³-hybridized carbons (Fsp3) is 0.571. The van der Waals surface area contributed by atoms with Gasteiger partial charge in [-0.3, -0.25) is 0 Å². The molecule has 0 fully saturated rings. The van der Waals surface area contributed by atoms with Gasteiger partial charge < -0.3 is 0 Å². The minimum atomic E-state index is 0.269. The van der Waals surface area contributed by atoms with Gasteiger partial charge in [-0.1, -0.05) is 44.5 Å². The number of halogens is 1. The third kappa shape index (κ3) is 3.87. The Labute approximate surface area is 98.7 Å². The minimum Gasteiger partial charge on any atom is -0.122 e. The Morgan fingerprint density at radius 3 is 2.53 bits per heavy atom. The number of hydrogen-bond donors (Lipinski definition) is 0. The van der Waals surface area contributed by atoms with Crippen molar-refractivity contribution < 1.29 is 0 Å². The highest BCUT2D eigenvalue weighted by atomic mass is 35.5. The molecule has 1 aromatic carbocycles. The van der Waals surface area contributed by atoms with Crippen molar-refractivity contribution in [3.63, 3.8) is 0 Å². The smallest absolute Gasteiger partial charge is 0.0402 e. The van der Waals surface area contributed by atoms with Gasteiger partial charge >= 0.3 is 0 Å². The molecule has 2 atom stereocenters. The van der Waals surface area contributed by atoms with Gasteiger partial charge in [0.25, 0.3) is 0 Å². The molecule has 0 saturated heterocycles. The lowest BCUT2D eigenvalue weighted by molar-refractivity contribution is 0.493. The monoisotopic (exact) mass is 224 g/mol. The van der Waals surface area contributed by atoms with Crippen molar-refractivity contribution in [3.05, 3.63) is 35.4 Å². The van der Waals surface area contributed by atoms with E-state index in [-0.39, 0.29) is 5.38 Å². The summed E-state index contributed by atoms with van der Waals surface area (Å²) in [6.07, 6.45) is 3.44. The summed E-state index contributed by atoms with van der Waals surface area (Å²) in [7, 11) is 0. The van der Waals surface area contributed by atoms with Crippen LogP contribution in [0.5, 0.6) is 0 Å². The molecule has 0 spiro atoms. The lowest BCUT2D eigenvalue weighted by Gasteiger charge is -2.18. The fourth-order valence-corrected chi connectivity index (χ4v) is 2.18. The summed E-state index contributed by atoms with van der Waals surface area (Å²) >= 11 is 6.42. The standard InChI is InChI=1S/C14H21Cl/c1-4-7-12(3)14(15)10-13-9-6-5-8-11(13)2/h5-6,8-9,12,14H,4,7,10H2,1-3H3. The summed E-state index contributed by atoms with van der Waals surface area (Å²) in [6, 6.07) is 8.51. The van der Waals surface area contributed by atoms with E-state index in [9.17, 15) is 0 Å². The molecule has 0 aliphatic heterocycles. The van der Waals surface area contributed by atoms with Crippen molar-refractivity contribution in [1.29, 1.82) is 0 Å². The number of rotatable bonds is 5. The molecule has 0 N–H and O–H groups in total. The summed E-state index contributed by atoms with van der Waals surface area (Å²) in [4.78, 5) is 0. The molecule has 0 aliphatic rings. The van der Waals surface area contributed by atoms with Crippen LogP contribution in [0.25, 0.3) is 0 Å². The minimum absolute atomic E-state index is 0.269. The molecule has 1 rings (SSSR count). The highest BCUT2D eigenvalue weighted by molar-refractivity contribution is 6.20. The number of benzene rings is 1. The quantitative estimate of drug-likeness (QED) is 0.643. The Hall–Kier alpha value is -0.490. The summed E-state index contributed by atoms with van der Waals surface area (Å²) in [5, 5.41) is 0.269. The van der Waals surface area contributed by atoms with Gasteiger partial charge in [-0.15, -0.1) is 11.6 Å². The highest BCUT2D eigenvalue weighted by Crippen LogP contribution is 2.21. The third-order valence-corrected chi connectivity index (χ3v) is 3.62. The van der Waals surface area contributed by atoms with E-state index < -0.39 is 0 Å². The van der Waals surface area contributed by atoms with Gasteiger partial charge in [-0.05, 0) is 36.8 Å². The van der Waals surface area contributed by atoms with Crippen molar-refractivity contribution in [2.24, 2.45) is 5.92 Å². The molecule has 0 heterocycles. The molecule has 0 aliphatic carbocycles. The predicted octanol–water partition coefficient (Wildman–Crippen LogP) is 4.58. The molecule has 0 bridgehead atoms. The first-order chi connectivity index (χ1) is 7.15. The Kier molecular flexibility index (Phi) is 5.17. The van der Waals surface area contributed by atoms with E-state index in [1.807, 2.05) is 0 Å². The van der Waals surface area contributed by atoms with Gasteiger partial charge in [0.05, 0.1) is 0 Å². The van der Waals surface area contributed by atoms with E-state index in [1.54, 1.807) is 0 Å². The zero-order chi connectivity index (χ0) is 11.3. The van der Waals surface area contributed by atoms with Crippen LogP contribution in [-0.4, -0.2) is 5.38 Å². The maximum Gasteiger partial charge on any atom is 0.0402 e. The Bertz CT molecular complexity index is 293. The maximum atomic E-state index is 6.42. The van der Waals surface area contributed by atoms with Gasteiger partial charge in [-0.25, -0.2) is 0 Å². The fourth-order valence-electron chi connectivity index (χ4n) is 1.89. The van der Waals surface area contributed by atoms with E-state index in [1.165, 1.54) is 24.0 Å². The SMILES string of the molecule is CCCC(C)C(Cl)Cc1ccccc1C. The van der Waals surface area contributed by atoms with E-state index in [0.29, 0.717) is 5.92 Å². The van der Waals surface area contributed by atoms with Crippen molar-refractivity contribution in [3.8, 4) is 0 Å². The number of hydrogen-bond acceptors (Lipinski definition) is 0. The van der Waals surface area contributed by atoms with Crippen LogP contribution in [0, 0.1) is 12.8 Å². The molecule has 2 unspecified atom stereocenters. The van der Waals surface area contributed by atoms with Crippen LogP contribution >= 0.6 is 11.6 Å². The molecule has 0 aromatic heterocycles. The molecular formula is C14H21Cl. The van der Waals surface area contributed by atoms with Crippen molar-refractivity contribution in [2.75, 3.05) is 0 Å². The number of aryl methyl sites for hydroxylation is 1. The van der Waals surface area contributed by atoms with Crippen LogP contribution < -0.4 is 0 Å². The summed E-state index contributed by atoms with van der Waals surface area (Å²) in [5.41, 5.74) is 2.74. The average Bonchev–Trinajstić information content (AvgIpc) is 2.21. The lowest BCUT2D eigenvalue weighted by atomic mass is 9.95. The summed E-state index contributed by atoms with van der Waals surface area (Å²) < 4.78 is 0. The van der Waals surface area contributed by atoms with Gasteiger partial charge in [0.15, 0.2) is 0 Å². The van der Waals surface area contributed by atoms with Gasteiger partial charge in [0.2, 0.25) is 0 Å². The van der Waals surface area contributed by atoms with Crippen molar-refractivity contribution in [2.45, 2.75) is 45.4 Å². The Morgan fingerprint density at radius 1 is 1.27 bits per heavy atom. The van der Waals surface area contributed by atoms with Crippen LogP contribution in [0.4, 0.5) is 0 Å². The largest absolute Gasteiger partial charge is 0.122 e. The second-order valence-corrected chi connectivity index (χ2v) is 4.97. The highest BCUT2D eigenvalue weighted by Gasteiger charge is 2.14. The van der Waals surface area contributed by atoms with Crippen LogP contribution in [-0.2, 0) is 6.42 Å². The maximum absolute atomic E-state index is 6.42. The van der Waals surface area contributed by atoms with E-state index in [2.05, 4.69) is 45.0 Å². The van der Waals surface area contributed by atoms with Crippen LogP contribution in [0.15, 0.2) is 24.3 Å². The first-order valence-corrected chi connectivity index (χ1v) is 6.27. The first kappa shape index (κ1) is 12.6. The molecule has 15 heavy (non-hydrogen) atoms. The van der Waals surface area contributed by atoms with E-state index >= 15 is 0 Å². The van der Waals surface area contributed by atoms with Crippen molar-refractivity contribution in [1.82, 2.24) is 0 Å². The molecular weight excluding hydrogens is 204 g/mol. The molecule has 0 amide bonds. The summed E-state index contributed by atoms with van der Waals surface area (Å²) in [5.74, 6) is 0.608. The second kappa shape index (κ2) is 6.17. The van der Waals surface area contributed by atoms with Crippen LogP contribution in [0.1, 0.15) is 37.8 Å². The van der Waals surface area contributed by atoms with Gasteiger partial charge in [0.1, 0.15) is 0 Å². The predicted molar refractivity (Wildman–Crippen MR) is 68.6 cm³/mol. The third-order valence-electron chi connectivity index (χ3n) is 3.04. The Balaban J connectivity index is 2.58. The molecule has 84 valence electrons. The summed E-state index contributed by atoms with van der Waals surface area (Å²) in [6.45, 7) is 6.62. The topological polar surface area (TPSA) is 0 Å². The van der Waals surface area contributed by atoms with Gasteiger partial charge in [0, 0.05) is 5.38 Å². The molecule has 0 nitrogen and oxygen atoms in total. The van der Waals surface area contributed by atoms with Crippen LogP contribution in [0.2, 0.25) is 0 Å². The first-order valence-electron chi connectivity index (χ1n) is 5.83. The Morgan fingerprint density at radius 2 is 1.93 bits per heavy atom. The van der Waals surface area contributed by atoms with E-state index in [4.69, 9.17) is 11.6 Å². The van der Waals surface area contributed by atoms with Crippen LogP contribution in [0.3, 0.4) is 0 Å². The zero-order valence-electron chi connectivity index (χ0n) is 9.96. The van der Waals surface area contributed by atoms with E-state index in [0.717, 1.165) is 6.42 Å². The molecule has 1 aromatic rings.